The number of carbonyl (C=O) groups is 3. The first-order valence-corrected chi connectivity index (χ1v) is 31.3. The Morgan fingerprint density at radius 2 is 0.568 bits per heavy atom. The molecule has 424 valence electrons. The number of hydrogen-bond donors (Lipinski definition) is 0. The predicted molar refractivity (Wildman–Crippen MR) is 320 cm³/mol. The lowest BCUT2D eigenvalue weighted by atomic mass is 10.1. The van der Waals surface area contributed by atoms with Crippen LogP contribution in [0.2, 0.25) is 0 Å². The molecule has 0 amide bonds. The molecule has 0 N–H and O–H groups in total. The third-order valence-corrected chi connectivity index (χ3v) is 13.3. The van der Waals surface area contributed by atoms with Crippen molar-refractivity contribution >= 4 is 17.9 Å². The highest BCUT2D eigenvalue weighted by atomic mass is 16.6. The second-order valence-electron chi connectivity index (χ2n) is 20.6. The molecule has 0 aromatic carbocycles. The minimum atomic E-state index is -0.794. The highest BCUT2D eigenvalue weighted by Gasteiger charge is 2.19. The van der Waals surface area contributed by atoms with Crippen LogP contribution in [0.4, 0.5) is 0 Å². The van der Waals surface area contributed by atoms with Crippen molar-refractivity contribution in [1.82, 2.24) is 0 Å². The molecule has 6 nitrogen and oxygen atoms in total. The molecule has 0 fully saturated rings. The topological polar surface area (TPSA) is 78.9 Å². The Bertz CT molecular complexity index is 1460. The summed E-state index contributed by atoms with van der Waals surface area (Å²) in [6, 6.07) is 0. The van der Waals surface area contributed by atoms with Crippen molar-refractivity contribution in [3.05, 3.63) is 97.2 Å². The minimum Gasteiger partial charge on any atom is -0.462 e. The second-order valence-corrected chi connectivity index (χ2v) is 20.6. The molecule has 74 heavy (non-hydrogen) atoms. The van der Waals surface area contributed by atoms with E-state index in [2.05, 4.69) is 118 Å². The molecule has 0 spiro atoms. The zero-order chi connectivity index (χ0) is 53.6. The summed E-state index contributed by atoms with van der Waals surface area (Å²) in [6.07, 6.45) is 82.5. The van der Waals surface area contributed by atoms with Crippen LogP contribution in [-0.4, -0.2) is 37.2 Å². The molecule has 0 aliphatic heterocycles. The number of hydrogen-bond acceptors (Lipinski definition) is 6. The second kappa shape index (κ2) is 61.9. The van der Waals surface area contributed by atoms with E-state index >= 15 is 0 Å². The van der Waals surface area contributed by atoms with Gasteiger partial charge in [-0.2, -0.15) is 0 Å². The smallest absolute Gasteiger partial charge is 0.306 e. The lowest BCUT2D eigenvalue weighted by molar-refractivity contribution is -0.167. The predicted octanol–water partition coefficient (Wildman–Crippen LogP) is 21.3. The number of allylic oxidation sites excluding steroid dienone is 16. The van der Waals surface area contributed by atoms with Crippen molar-refractivity contribution in [2.24, 2.45) is 0 Å². The highest BCUT2D eigenvalue weighted by Crippen LogP contribution is 2.15. The Morgan fingerprint density at radius 3 is 0.932 bits per heavy atom. The summed E-state index contributed by atoms with van der Waals surface area (Å²) < 4.78 is 16.9. The third-order valence-electron chi connectivity index (χ3n) is 13.3. The summed E-state index contributed by atoms with van der Waals surface area (Å²) in [4.78, 5) is 38.3. The fourth-order valence-corrected chi connectivity index (χ4v) is 8.65. The SMILES string of the molecule is CC/C=C\C/C=C\C/C=C\C/C=C\CCCCCCCCC(=O)OCC(COC(=O)CCCCCCC/C=C\C=C/CCCCCCCCC)OC(=O)CCCCCCCCCCCC/C=C\C=C/CCCCC. The lowest BCUT2D eigenvalue weighted by Crippen LogP contribution is -2.30. The van der Waals surface area contributed by atoms with Crippen molar-refractivity contribution in [3.8, 4) is 0 Å². The van der Waals surface area contributed by atoms with Crippen LogP contribution in [0.25, 0.3) is 0 Å². The van der Waals surface area contributed by atoms with E-state index < -0.39 is 6.10 Å². The number of ether oxygens (including phenoxy) is 3. The zero-order valence-electron chi connectivity index (χ0n) is 48.6. The van der Waals surface area contributed by atoms with Crippen LogP contribution in [-0.2, 0) is 28.6 Å². The molecule has 0 radical (unpaired) electrons. The third kappa shape index (κ3) is 59.2. The molecule has 0 aromatic heterocycles. The van der Waals surface area contributed by atoms with Gasteiger partial charge in [-0.05, 0) is 109 Å². The molecule has 0 rings (SSSR count). The van der Waals surface area contributed by atoms with Gasteiger partial charge >= 0.3 is 17.9 Å². The quantitative estimate of drug-likeness (QED) is 0.0199. The molecular formula is C68H116O6. The van der Waals surface area contributed by atoms with Gasteiger partial charge < -0.3 is 14.2 Å². The Labute approximate surface area is 457 Å². The summed E-state index contributed by atoms with van der Waals surface area (Å²) in [5, 5.41) is 0. The fourth-order valence-electron chi connectivity index (χ4n) is 8.65. The molecular weight excluding hydrogens is 913 g/mol. The van der Waals surface area contributed by atoms with Crippen molar-refractivity contribution < 1.29 is 28.6 Å². The summed E-state index contributed by atoms with van der Waals surface area (Å²) in [5.74, 6) is -0.914. The maximum absolute atomic E-state index is 12.9. The van der Waals surface area contributed by atoms with Gasteiger partial charge in [0.15, 0.2) is 6.10 Å². The first kappa shape index (κ1) is 70.3. The Balaban J connectivity index is 4.44. The van der Waals surface area contributed by atoms with E-state index in [1.54, 1.807) is 0 Å². The van der Waals surface area contributed by atoms with Crippen LogP contribution in [0.15, 0.2) is 97.2 Å². The first-order chi connectivity index (χ1) is 36.5. The van der Waals surface area contributed by atoms with Crippen molar-refractivity contribution in [2.75, 3.05) is 13.2 Å². The van der Waals surface area contributed by atoms with Crippen LogP contribution in [0.3, 0.4) is 0 Å². The van der Waals surface area contributed by atoms with Gasteiger partial charge in [-0.25, -0.2) is 0 Å². The lowest BCUT2D eigenvalue weighted by Gasteiger charge is -2.18. The maximum Gasteiger partial charge on any atom is 0.306 e. The van der Waals surface area contributed by atoms with E-state index in [1.807, 2.05) is 0 Å². The first-order valence-electron chi connectivity index (χ1n) is 31.3. The molecule has 0 saturated heterocycles. The van der Waals surface area contributed by atoms with Crippen LogP contribution in [0, 0.1) is 0 Å². The van der Waals surface area contributed by atoms with Crippen molar-refractivity contribution in [3.63, 3.8) is 0 Å². The highest BCUT2D eigenvalue weighted by molar-refractivity contribution is 5.71. The van der Waals surface area contributed by atoms with Crippen molar-refractivity contribution in [1.29, 1.82) is 0 Å². The van der Waals surface area contributed by atoms with Crippen LogP contribution < -0.4 is 0 Å². The summed E-state index contributed by atoms with van der Waals surface area (Å²) in [5.41, 5.74) is 0. The maximum atomic E-state index is 12.9. The zero-order valence-corrected chi connectivity index (χ0v) is 48.6. The van der Waals surface area contributed by atoms with E-state index in [4.69, 9.17) is 14.2 Å². The summed E-state index contributed by atoms with van der Waals surface area (Å²) >= 11 is 0. The molecule has 0 bridgehead atoms. The molecule has 0 aliphatic rings. The summed E-state index contributed by atoms with van der Waals surface area (Å²) in [6.45, 7) is 6.49. The van der Waals surface area contributed by atoms with Gasteiger partial charge in [-0.1, -0.05) is 266 Å². The molecule has 6 heteroatoms. The number of unbranched alkanes of at least 4 members (excludes halogenated alkanes) is 31. The molecule has 1 unspecified atom stereocenters. The Kier molecular flexibility index (Phi) is 58.8. The average Bonchev–Trinajstić information content (AvgIpc) is 3.40. The van der Waals surface area contributed by atoms with Gasteiger partial charge in [0.2, 0.25) is 0 Å². The van der Waals surface area contributed by atoms with E-state index in [1.165, 1.54) is 141 Å². The molecule has 0 heterocycles. The number of rotatable bonds is 56. The van der Waals surface area contributed by atoms with Crippen LogP contribution in [0.1, 0.15) is 297 Å². The van der Waals surface area contributed by atoms with Crippen LogP contribution in [0.5, 0.6) is 0 Å². The van der Waals surface area contributed by atoms with Gasteiger partial charge in [0.05, 0.1) is 0 Å². The van der Waals surface area contributed by atoms with Gasteiger partial charge in [0.25, 0.3) is 0 Å². The minimum absolute atomic E-state index is 0.0914. The fraction of sp³-hybridized carbons (Fsp3) is 0.721. The normalized spacial score (nSPS) is 12.7. The summed E-state index contributed by atoms with van der Waals surface area (Å²) in [7, 11) is 0. The molecule has 1 atom stereocenters. The molecule has 0 aliphatic carbocycles. The largest absolute Gasteiger partial charge is 0.462 e. The number of carbonyl (C=O) groups excluding carboxylic acids is 3. The standard InChI is InChI=1S/C68H116O6/c1-4-7-10-13-16-19-22-25-28-31-34-37-40-43-46-49-52-55-58-61-67(70)73-64-65(63-72-66(69)60-57-54-51-48-45-42-39-36-33-30-27-24-21-18-15-12-9-6-3)74-68(71)62-59-56-53-50-47-44-41-38-35-32-29-26-23-20-17-14-11-8-5-2/h7,10,16-17,19-20,23,25-26,28,30,33-34,36-37,39,65H,4-6,8-9,11-15,18,21-22,24,27,29,31-32,35,38,40-64H2,1-3H3/b10-7-,19-16-,20-17-,26-23-,28-25-,33-30-,37-34-,39-36-. The molecule has 0 saturated carbocycles. The number of esters is 3. The Hall–Kier alpha value is -3.67. The Morgan fingerprint density at radius 1 is 0.297 bits per heavy atom. The monoisotopic (exact) mass is 1030 g/mol. The van der Waals surface area contributed by atoms with E-state index in [9.17, 15) is 14.4 Å². The van der Waals surface area contributed by atoms with Gasteiger partial charge in [-0.15, -0.1) is 0 Å². The van der Waals surface area contributed by atoms with Gasteiger partial charge in [-0.3, -0.25) is 14.4 Å². The molecule has 0 aromatic rings. The van der Waals surface area contributed by atoms with E-state index in [0.29, 0.717) is 19.3 Å². The average molecular weight is 1030 g/mol. The van der Waals surface area contributed by atoms with E-state index in [0.717, 1.165) is 116 Å². The van der Waals surface area contributed by atoms with E-state index in [-0.39, 0.29) is 31.1 Å². The van der Waals surface area contributed by atoms with Crippen LogP contribution >= 0.6 is 0 Å². The van der Waals surface area contributed by atoms with Gasteiger partial charge in [0.1, 0.15) is 13.2 Å². The van der Waals surface area contributed by atoms with Crippen molar-refractivity contribution in [2.45, 2.75) is 303 Å². The van der Waals surface area contributed by atoms with Gasteiger partial charge in [0, 0.05) is 19.3 Å².